The molecule has 0 saturated carbocycles. The van der Waals surface area contributed by atoms with Gasteiger partial charge in [0, 0.05) is 25.4 Å². The summed E-state index contributed by atoms with van der Waals surface area (Å²) in [6.07, 6.45) is 0. The molecule has 5 heteroatoms. The van der Waals surface area contributed by atoms with Crippen molar-refractivity contribution in [2.75, 3.05) is 19.0 Å². The summed E-state index contributed by atoms with van der Waals surface area (Å²) in [5, 5.41) is 9.01. The number of anilines is 1. The van der Waals surface area contributed by atoms with Crippen molar-refractivity contribution in [2.24, 2.45) is 0 Å². The smallest absolute Gasteiger partial charge is 0.335 e. The monoisotopic (exact) mass is 257 g/mol. The lowest BCUT2D eigenvalue weighted by Gasteiger charge is -2.12. The van der Waals surface area contributed by atoms with Crippen LogP contribution in [0.5, 0.6) is 0 Å². The molecule has 0 fully saturated rings. The summed E-state index contributed by atoms with van der Waals surface area (Å²) < 4.78 is 0. The minimum absolute atomic E-state index is 0.250. The summed E-state index contributed by atoms with van der Waals surface area (Å²) >= 11 is 0. The molecule has 0 radical (unpaired) electrons. The maximum atomic E-state index is 11.0. The molecule has 5 nitrogen and oxygen atoms in total. The average Bonchev–Trinajstić information content (AvgIpc) is 2.38. The van der Waals surface area contributed by atoms with E-state index in [1.807, 2.05) is 38.1 Å². The number of benzene rings is 1. The SMILES string of the molecule is Cc1cc(-c2cccc(C(=O)O)c2)nc(N(C)C)n1. The fourth-order valence-electron chi connectivity index (χ4n) is 1.71. The first-order chi connectivity index (χ1) is 8.97. The Bertz CT molecular complexity index is 624. The van der Waals surface area contributed by atoms with E-state index in [4.69, 9.17) is 5.11 Å². The van der Waals surface area contributed by atoms with Crippen molar-refractivity contribution in [3.8, 4) is 11.3 Å². The molecular weight excluding hydrogens is 242 g/mol. The van der Waals surface area contributed by atoms with Gasteiger partial charge in [-0.2, -0.15) is 0 Å². The molecular formula is C14H15N3O2. The van der Waals surface area contributed by atoms with E-state index in [0.717, 1.165) is 17.0 Å². The molecule has 98 valence electrons. The topological polar surface area (TPSA) is 66.3 Å². The highest BCUT2D eigenvalue weighted by molar-refractivity contribution is 5.89. The molecule has 2 rings (SSSR count). The Morgan fingerprint density at radius 3 is 2.58 bits per heavy atom. The van der Waals surface area contributed by atoms with Crippen LogP contribution in [0, 0.1) is 6.92 Å². The van der Waals surface area contributed by atoms with E-state index in [1.54, 1.807) is 18.2 Å². The Morgan fingerprint density at radius 2 is 1.95 bits per heavy atom. The van der Waals surface area contributed by atoms with Gasteiger partial charge in [-0.1, -0.05) is 12.1 Å². The maximum absolute atomic E-state index is 11.0. The minimum Gasteiger partial charge on any atom is -0.478 e. The van der Waals surface area contributed by atoms with Crippen molar-refractivity contribution in [3.63, 3.8) is 0 Å². The van der Waals surface area contributed by atoms with Gasteiger partial charge in [-0.05, 0) is 25.1 Å². The highest BCUT2D eigenvalue weighted by atomic mass is 16.4. The van der Waals surface area contributed by atoms with E-state index in [1.165, 1.54) is 0 Å². The normalized spacial score (nSPS) is 10.3. The number of aromatic carboxylic acids is 1. The zero-order valence-electron chi connectivity index (χ0n) is 11.1. The van der Waals surface area contributed by atoms with Crippen LogP contribution in [0.4, 0.5) is 5.95 Å². The van der Waals surface area contributed by atoms with Crippen molar-refractivity contribution >= 4 is 11.9 Å². The maximum Gasteiger partial charge on any atom is 0.335 e. The fraction of sp³-hybridized carbons (Fsp3) is 0.214. The number of hydrogen-bond donors (Lipinski definition) is 1. The summed E-state index contributed by atoms with van der Waals surface area (Å²) in [7, 11) is 3.73. The largest absolute Gasteiger partial charge is 0.478 e. The first-order valence-electron chi connectivity index (χ1n) is 5.84. The predicted molar refractivity (Wildman–Crippen MR) is 73.5 cm³/mol. The quantitative estimate of drug-likeness (QED) is 0.913. The van der Waals surface area contributed by atoms with Crippen LogP contribution in [0.25, 0.3) is 11.3 Å². The summed E-state index contributed by atoms with van der Waals surface area (Å²) in [6.45, 7) is 1.89. The third-order valence-corrected chi connectivity index (χ3v) is 2.65. The molecule has 1 aromatic heterocycles. The molecule has 1 aromatic carbocycles. The van der Waals surface area contributed by atoms with Gasteiger partial charge in [0.05, 0.1) is 11.3 Å². The number of carboxylic acid groups (broad SMARTS) is 1. The van der Waals surface area contributed by atoms with Crippen molar-refractivity contribution in [1.29, 1.82) is 0 Å². The Morgan fingerprint density at radius 1 is 1.21 bits per heavy atom. The van der Waals surface area contributed by atoms with Crippen molar-refractivity contribution < 1.29 is 9.90 Å². The van der Waals surface area contributed by atoms with E-state index >= 15 is 0 Å². The number of carboxylic acids is 1. The Hall–Kier alpha value is -2.43. The second-order valence-corrected chi connectivity index (χ2v) is 4.47. The lowest BCUT2D eigenvalue weighted by molar-refractivity contribution is 0.0697. The second-order valence-electron chi connectivity index (χ2n) is 4.47. The molecule has 0 aliphatic heterocycles. The Balaban J connectivity index is 2.52. The van der Waals surface area contributed by atoms with Gasteiger partial charge in [0.2, 0.25) is 5.95 Å². The summed E-state index contributed by atoms with van der Waals surface area (Å²) in [6, 6.07) is 8.57. The molecule has 0 aliphatic carbocycles. The van der Waals surface area contributed by atoms with Crippen LogP contribution in [0.15, 0.2) is 30.3 Å². The number of hydrogen-bond acceptors (Lipinski definition) is 4. The van der Waals surface area contributed by atoms with Crippen molar-refractivity contribution in [1.82, 2.24) is 9.97 Å². The Kier molecular flexibility index (Phi) is 3.46. The summed E-state index contributed by atoms with van der Waals surface area (Å²) in [5.74, 6) is -0.337. The molecule has 1 N–H and O–H groups in total. The molecule has 0 amide bonds. The molecule has 0 unspecified atom stereocenters. The van der Waals surface area contributed by atoms with Crippen LogP contribution in [0.2, 0.25) is 0 Å². The molecule has 0 spiro atoms. The zero-order valence-corrected chi connectivity index (χ0v) is 11.1. The highest BCUT2D eigenvalue weighted by Gasteiger charge is 2.09. The minimum atomic E-state index is -0.944. The third kappa shape index (κ3) is 2.88. The number of carbonyl (C=O) groups is 1. The summed E-state index contributed by atoms with van der Waals surface area (Å²) in [4.78, 5) is 21.5. The molecule has 19 heavy (non-hydrogen) atoms. The van der Waals surface area contributed by atoms with Crippen LogP contribution in [0.1, 0.15) is 16.1 Å². The lowest BCUT2D eigenvalue weighted by Crippen LogP contribution is -2.13. The fourth-order valence-corrected chi connectivity index (χ4v) is 1.71. The van der Waals surface area contributed by atoms with Gasteiger partial charge >= 0.3 is 5.97 Å². The molecule has 1 heterocycles. The lowest BCUT2D eigenvalue weighted by atomic mass is 10.1. The summed E-state index contributed by atoms with van der Waals surface area (Å²) in [5.41, 5.74) is 2.59. The van der Waals surface area contributed by atoms with E-state index < -0.39 is 5.97 Å². The van der Waals surface area contributed by atoms with Gasteiger partial charge < -0.3 is 10.0 Å². The van der Waals surface area contributed by atoms with Crippen molar-refractivity contribution in [3.05, 3.63) is 41.6 Å². The number of nitrogens with zero attached hydrogens (tertiary/aromatic N) is 3. The van der Waals surface area contributed by atoms with Gasteiger partial charge in [-0.25, -0.2) is 14.8 Å². The van der Waals surface area contributed by atoms with Gasteiger partial charge in [0.1, 0.15) is 0 Å². The van der Waals surface area contributed by atoms with E-state index in [9.17, 15) is 4.79 Å². The molecule has 2 aromatic rings. The predicted octanol–water partition coefficient (Wildman–Crippen LogP) is 2.22. The third-order valence-electron chi connectivity index (χ3n) is 2.65. The number of rotatable bonds is 3. The van der Waals surface area contributed by atoms with E-state index in [-0.39, 0.29) is 5.56 Å². The van der Waals surface area contributed by atoms with Crippen LogP contribution >= 0.6 is 0 Å². The van der Waals surface area contributed by atoms with Gasteiger partial charge in [-0.15, -0.1) is 0 Å². The van der Waals surface area contributed by atoms with Crippen LogP contribution < -0.4 is 4.90 Å². The molecule has 0 atom stereocenters. The number of aromatic nitrogens is 2. The first-order valence-corrected chi connectivity index (χ1v) is 5.84. The van der Waals surface area contributed by atoms with Crippen molar-refractivity contribution in [2.45, 2.75) is 6.92 Å². The van der Waals surface area contributed by atoms with Crippen LogP contribution in [-0.2, 0) is 0 Å². The van der Waals surface area contributed by atoms with E-state index in [0.29, 0.717) is 5.95 Å². The first kappa shape index (κ1) is 13.0. The standard InChI is InChI=1S/C14H15N3O2/c1-9-7-12(16-14(15-9)17(2)3)10-5-4-6-11(8-10)13(18)19/h4-8H,1-3H3,(H,18,19). The molecule has 0 bridgehead atoms. The van der Waals surface area contributed by atoms with E-state index in [2.05, 4.69) is 9.97 Å². The highest BCUT2D eigenvalue weighted by Crippen LogP contribution is 2.21. The van der Waals surface area contributed by atoms with Crippen LogP contribution in [-0.4, -0.2) is 35.1 Å². The average molecular weight is 257 g/mol. The second kappa shape index (κ2) is 5.06. The number of aryl methyl sites for hydroxylation is 1. The van der Waals surface area contributed by atoms with Crippen LogP contribution in [0.3, 0.4) is 0 Å². The zero-order chi connectivity index (χ0) is 14.0. The molecule has 0 aliphatic rings. The van der Waals surface area contributed by atoms with Gasteiger partial charge in [0.15, 0.2) is 0 Å². The Labute approximate surface area is 111 Å². The van der Waals surface area contributed by atoms with Gasteiger partial charge in [0.25, 0.3) is 0 Å². The molecule has 0 saturated heterocycles. The van der Waals surface area contributed by atoms with Gasteiger partial charge in [-0.3, -0.25) is 0 Å².